The molecule has 1 unspecified atom stereocenters. The summed E-state index contributed by atoms with van der Waals surface area (Å²) in [6.07, 6.45) is 0. The molecule has 4 nitrogen and oxygen atoms in total. The zero-order valence-electron chi connectivity index (χ0n) is 10.6. The Balaban J connectivity index is 2.11. The zero-order chi connectivity index (χ0) is 13.8. The van der Waals surface area contributed by atoms with Crippen LogP contribution in [0, 0.1) is 0 Å². The SMILES string of the molecule is CC(NC(=O)c1ccccc1O)c1ccc(N)cc1. The van der Waals surface area contributed by atoms with E-state index >= 15 is 0 Å². The quantitative estimate of drug-likeness (QED) is 0.738. The molecule has 0 saturated heterocycles. The second-order valence-corrected chi connectivity index (χ2v) is 4.38. The van der Waals surface area contributed by atoms with E-state index in [1.54, 1.807) is 30.3 Å². The number of nitrogens with one attached hydrogen (secondary N) is 1. The molecule has 2 aromatic carbocycles. The number of rotatable bonds is 3. The summed E-state index contributed by atoms with van der Waals surface area (Å²) >= 11 is 0. The van der Waals surface area contributed by atoms with E-state index in [-0.39, 0.29) is 23.3 Å². The van der Waals surface area contributed by atoms with Gasteiger partial charge in [0.1, 0.15) is 5.75 Å². The molecule has 98 valence electrons. The fourth-order valence-corrected chi connectivity index (χ4v) is 1.81. The summed E-state index contributed by atoms with van der Waals surface area (Å²) in [7, 11) is 0. The van der Waals surface area contributed by atoms with E-state index in [0.717, 1.165) is 5.56 Å². The number of phenolic OH excluding ortho intramolecular Hbond substituents is 1. The first-order valence-corrected chi connectivity index (χ1v) is 6.02. The van der Waals surface area contributed by atoms with E-state index in [9.17, 15) is 9.90 Å². The fraction of sp³-hybridized carbons (Fsp3) is 0.133. The lowest BCUT2D eigenvalue weighted by atomic mass is 10.1. The predicted octanol–water partition coefficient (Wildman–Crippen LogP) is 2.47. The molecule has 0 aliphatic heterocycles. The van der Waals surface area contributed by atoms with Gasteiger partial charge in [-0.2, -0.15) is 0 Å². The predicted molar refractivity (Wildman–Crippen MR) is 74.8 cm³/mol. The van der Waals surface area contributed by atoms with Gasteiger partial charge in [-0.05, 0) is 36.8 Å². The van der Waals surface area contributed by atoms with Gasteiger partial charge in [0, 0.05) is 5.69 Å². The minimum absolute atomic E-state index is 0.0236. The van der Waals surface area contributed by atoms with Crippen LogP contribution in [0.5, 0.6) is 5.75 Å². The van der Waals surface area contributed by atoms with Crippen molar-refractivity contribution in [1.82, 2.24) is 5.32 Å². The lowest BCUT2D eigenvalue weighted by Crippen LogP contribution is -2.26. The van der Waals surface area contributed by atoms with E-state index in [1.165, 1.54) is 6.07 Å². The molecule has 0 saturated carbocycles. The number of carbonyl (C=O) groups excluding carboxylic acids is 1. The van der Waals surface area contributed by atoms with Crippen LogP contribution in [0.25, 0.3) is 0 Å². The molecule has 1 amide bonds. The van der Waals surface area contributed by atoms with E-state index in [1.807, 2.05) is 19.1 Å². The Morgan fingerprint density at radius 3 is 2.42 bits per heavy atom. The van der Waals surface area contributed by atoms with Crippen molar-refractivity contribution in [2.75, 3.05) is 5.73 Å². The maximum atomic E-state index is 12.0. The number of benzene rings is 2. The van der Waals surface area contributed by atoms with Gasteiger partial charge in [-0.3, -0.25) is 4.79 Å². The summed E-state index contributed by atoms with van der Waals surface area (Å²) < 4.78 is 0. The van der Waals surface area contributed by atoms with Crippen LogP contribution in [0.3, 0.4) is 0 Å². The molecule has 4 heteroatoms. The smallest absolute Gasteiger partial charge is 0.255 e. The highest BCUT2D eigenvalue weighted by Crippen LogP contribution is 2.18. The van der Waals surface area contributed by atoms with Crippen LogP contribution >= 0.6 is 0 Å². The Morgan fingerprint density at radius 2 is 1.79 bits per heavy atom. The molecule has 0 radical (unpaired) electrons. The summed E-state index contributed by atoms with van der Waals surface area (Å²) in [5.74, 6) is -0.327. The number of nitrogens with two attached hydrogens (primary N) is 1. The Kier molecular flexibility index (Phi) is 3.71. The molecule has 0 aliphatic rings. The zero-order valence-corrected chi connectivity index (χ0v) is 10.6. The first kappa shape index (κ1) is 13.0. The van der Waals surface area contributed by atoms with Crippen LogP contribution in [0.15, 0.2) is 48.5 Å². The number of carbonyl (C=O) groups is 1. The number of nitrogen functional groups attached to an aromatic ring is 1. The average Bonchev–Trinajstić information content (AvgIpc) is 2.39. The number of hydrogen-bond donors (Lipinski definition) is 3. The van der Waals surface area contributed by atoms with Crippen molar-refractivity contribution in [3.63, 3.8) is 0 Å². The van der Waals surface area contributed by atoms with Crippen molar-refractivity contribution >= 4 is 11.6 Å². The molecule has 0 bridgehead atoms. The number of hydrogen-bond acceptors (Lipinski definition) is 3. The van der Waals surface area contributed by atoms with Gasteiger partial charge in [-0.1, -0.05) is 24.3 Å². The summed E-state index contributed by atoms with van der Waals surface area (Å²) in [6, 6.07) is 13.6. The molecule has 0 aromatic heterocycles. The molecule has 0 fully saturated rings. The Hall–Kier alpha value is -2.49. The summed E-state index contributed by atoms with van der Waals surface area (Å²) in [5, 5.41) is 12.5. The van der Waals surface area contributed by atoms with Crippen molar-refractivity contribution in [2.45, 2.75) is 13.0 Å². The van der Waals surface area contributed by atoms with E-state index < -0.39 is 0 Å². The molecule has 0 heterocycles. The lowest BCUT2D eigenvalue weighted by molar-refractivity contribution is 0.0937. The topological polar surface area (TPSA) is 75.3 Å². The molecular formula is C15H16N2O2. The Morgan fingerprint density at radius 1 is 1.16 bits per heavy atom. The monoisotopic (exact) mass is 256 g/mol. The van der Waals surface area contributed by atoms with E-state index in [2.05, 4.69) is 5.32 Å². The average molecular weight is 256 g/mol. The van der Waals surface area contributed by atoms with Gasteiger partial charge in [0.05, 0.1) is 11.6 Å². The second-order valence-electron chi connectivity index (χ2n) is 4.38. The van der Waals surface area contributed by atoms with Crippen molar-refractivity contribution in [2.24, 2.45) is 0 Å². The van der Waals surface area contributed by atoms with Crippen LogP contribution in [-0.2, 0) is 0 Å². The molecule has 4 N–H and O–H groups in total. The first-order valence-electron chi connectivity index (χ1n) is 6.02. The highest BCUT2D eigenvalue weighted by molar-refractivity contribution is 5.96. The number of amides is 1. The molecular weight excluding hydrogens is 240 g/mol. The molecule has 0 spiro atoms. The molecule has 2 rings (SSSR count). The highest BCUT2D eigenvalue weighted by atomic mass is 16.3. The molecule has 0 aliphatic carbocycles. The van der Waals surface area contributed by atoms with Gasteiger partial charge < -0.3 is 16.2 Å². The minimum Gasteiger partial charge on any atom is -0.507 e. The minimum atomic E-state index is -0.303. The van der Waals surface area contributed by atoms with Gasteiger partial charge in [-0.15, -0.1) is 0 Å². The maximum Gasteiger partial charge on any atom is 0.255 e. The van der Waals surface area contributed by atoms with E-state index in [0.29, 0.717) is 5.69 Å². The summed E-state index contributed by atoms with van der Waals surface area (Å²) in [4.78, 5) is 12.0. The third-order valence-corrected chi connectivity index (χ3v) is 2.93. The van der Waals surface area contributed by atoms with Gasteiger partial charge in [0.2, 0.25) is 0 Å². The van der Waals surface area contributed by atoms with Crippen molar-refractivity contribution in [1.29, 1.82) is 0 Å². The van der Waals surface area contributed by atoms with E-state index in [4.69, 9.17) is 5.73 Å². The summed E-state index contributed by atoms with van der Waals surface area (Å²) in [5.41, 5.74) is 7.53. The van der Waals surface area contributed by atoms with Gasteiger partial charge in [0.15, 0.2) is 0 Å². The van der Waals surface area contributed by atoms with Crippen molar-refractivity contribution < 1.29 is 9.90 Å². The first-order chi connectivity index (χ1) is 9.08. The number of aromatic hydroxyl groups is 1. The van der Waals surface area contributed by atoms with Crippen molar-refractivity contribution in [3.8, 4) is 5.75 Å². The van der Waals surface area contributed by atoms with Gasteiger partial charge >= 0.3 is 0 Å². The Bertz CT molecular complexity index is 579. The highest BCUT2D eigenvalue weighted by Gasteiger charge is 2.13. The lowest BCUT2D eigenvalue weighted by Gasteiger charge is -2.15. The largest absolute Gasteiger partial charge is 0.507 e. The molecule has 19 heavy (non-hydrogen) atoms. The standard InChI is InChI=1S/C15H16N2O2/c1-10(11-6-8-12(16)9-7-11)17-15(19)13-4-2-3-5-14(13)18/h2-10,18H,16H2,1H3,(H,17,19). The number of phenols is 1. The van der Waals surface area contributed by atoms with Crippen LogP contribution in [0.1, 0.15) is 28.9 Å². The third-order valence-electron chi connectivity index (χ3n) is 2.93. The third kappa shape index (κ3) is 3.04. The van der Waals surface area contributed by atoms with Crippen LogP contribution in [0.2, 0.25) is 0 Å². The number of anilines is 1. The molecule has 2 aromatic rings. The molecule has 1 atom stereocenters. The van der Waals surface area contributed by atoms with Crippen LogP contribution < -0.4 is 11.1 Å². The number of para-hydroxylation sites is 1. The second kappa shape index (κ2) is 5.44. The van der Waals surface area contributed by atoms with Crippen LogP contribution in [0.4, 0.5) is 5.69 Å². The maximum absolute atomic E-state index is 12.0. The fourth-order valence-electron chi connectivity index (χ4n) is 1.81. The van der Waals surface area contributed by atoms with Crippen molar-refractivity contribution in [3.05, 3.63) is 59.7 Å². The van der Waals surface area contributed by atoms with Gasteiger partial charge in [0.25, 0.3) is 5.91 Å². The normalized spacial score (nSPS) is 11.8. The van der Waals surface area contributed by atoms with Gasteiger partial charge in [-0.25, -0.2) is 0 Å². The summed E-state index contributed by atoms with van der Waals surface area (Å²) in [6.45, 7) is 1.88. The Labute approximate surface area is 111 Å². The van der Waals surface area contributed by atoms with Crippen LogP contribution in [-0.4, -0.2) is 11.0 Å².